The summed E-state index contributed by atoms with van der Waals surface area (Å²) in [7, 11) is 1.65. The molecule has 2 unspecified atom stereocenters. The van der Waals surface area contributed by atoms with Crippen molar-refractivity contribution >= 4 is 17.8 Å². The number of aliphatic imine (C=N–C) groups is 1. The number of amides is 2. The number of carbonyl (C=O) groups is 2. The zero-order valence-electron chi connectivity index (χ0n) is 21.7. The molecule has 192 valence electrons. The summed E-state index contributed by atoms with van der Waals surface area (Å²) in [6.45, 7) is 8.66. The largest absolute Gasteiger partial charge is 0.487 e. The van der Waals surface area contributed by atoms with Crippen LogP contribution in [0.2, 0.25) is 0 Å². The Balaban J connectivity index is 1.50. The van der Waals surface area contributed by atoms with Gasteiger partial charge in [0.2, 0.25) is 11.8 Å². The quantitative estimate of drug-likeness (QED) is 0.558. The minimum Gasteiger partial charge on any atom is -0.487 e. The first-order chi connectivity index (χ1) is 16.6. The molecule has 3 N–H and O–H groups in total. The number of fused-ring (bicyclic) bond motifs is 1. The molecule has 35 heavy (non-hydrogen) atoms. The van der Waals surface area contributed by atoms with Gasteiger partial charge >= 0.3 is 0 Å². The van der Waals surface area contributed by atoms with Crippen LogP contribution in [0.25, 0.3) is 0 Å². The summed E-state index contributed by atoms with van der Waals surface area (Å²) in [5.74, 6) is 0.968. The molecule has 0 spiro atoms. The van der Waals surface area contributed by atoms with E-state index in [1.165, 1.54) is 0 Å². The van der Waals surface area contributed by atoms with E-state index in [-0.39, 0.29) is 47.3 Å². The molecule has 0 saturated heterocycles. The average Bonchev–Trinajstić information content (AvgIpc) is 3.60. The highest BCUT2D eigenvalue weighted by Gasteiger charge is 2.53. The van der Waals surface area contributed by atoms with Crippen molar-refractivity contribution in [3.8, 4) is 5.75 Å². The molecule has 1 aromatic carbocycles. The predicted octanol–water partition coefficient (Wildman–Crippen LogP) is 3.55. The second kappa shape index (κ2) is 9.80. The molecule has 1 aromatic rings. The number of para-hydroxylation sites is 1. The molecule has 8 heteroatoms. The van der Waals surface area contributed by atoms with Crippen molar-refractivity contribution in [1.82, 2.24) is 10.2 Å². The second-order valence-electron chi connectivity index (χ2n) is 10.9. The van der Waals surface area contributed by atoms with Crippen LogP contribution in [0.15, 0.2) is 29.3 Å². The van der Waals surface area contributed by atoms with E-state index < -0.39 is 5.54 Å². The third kappa shape index (κ3) is 5.17. The molecular weight excluding hydrogens is 444 g/mol. The minimum absolute atomic E-state index is 0.00605. The number of nitrogens with zero attached hydrogens (tertiary/aromatic N) is 2. The van der Waals surface area contributed by atoms with Gasteiger partial charge in [-0.05, 0) is 51.5 Å². The van der Waals surface area contributed by atoms with Crippen molar-refractivity contribution in [1.29, 1.82) is 0 Å². The molecule has 1 aliphatic carbocycles. The molecule has 4 atom stereocenters. The number of rotatable bonds is 9. The Morgan fingerprint density at radius 2 is 2.03 bits per heavy atom. The lowest BCUT2D eigenvalue weighted by atomic mass is 9.87. The second-order valence-corrected chi connectivity index (χ2v) is 10.9. The maximum absolute atomic E-state index is 13.4. The van der Waals surface area contributed by atoms with Gasteiger partial charge in [-0.25, -0.2) is 4.99 Å². The van der Waals surface area contributed by atoms with Crippen LogP contribution in [0.4, 0.5) is 0 Å². The van der Waals surface area contributed by atoms with Crippen LogP contribution in [0, 0.1) is 11.8 Å². The van der Waals surface area contributed by atoms with Gasteiger partial charge in [0.05, 0.1) is 18.0 Å². The van der Waals surface area contributed by atoms with Crippen LogP contribution in [0.3, 0.4) is 0 Å². The number of benzene rings is 1. The van der Waals surface area contributed by atoms with E-state index in [1.54, 1.807) is 12.0 Å². The van der Waals surface area contributed by atoms with Crippen molar-refractivity contribution in [2.24, 2.45) is 22.6 Å². The fraction of sp³-hybridized carbons (Fsp3) is 0.667. The summed E-state index contributed by atoms with van der Waals surface area (Å²) in [6.07, 6.45) is 3.92. The summed E-state index contributed by atoms with van der Waals surface area (Å²) < 4.78 is 11.5. The SMILES string of the molecule is CCC1(CC)CC(=O)N(C(CCOC)C2C[C@H]2C(=O)N[C@H]2CC(C)(C)Oc3ccccc32)C(N)=N1. The van der Waals surface area contributed by atoms with Crippen LogP contribution >= 0.6 is 0 Å². The van der Waals surface area contributed by atoms with Gasteiger partial charge in [-0.2, -0.15) is 0 Å². The maximum Gasteiger partial charge on any atom is 0.231 e. The van der Waals surface area contributed by atoms with Gasteiger partial charge < -0.3 is 20.5 Å². The normalized spacial score (nSPS) is 27.3. The smallest absolute Gasteiger partial charge is 0.231 e. The number of hydrogen-bond donors (Lipinski definition) is 2. The lowest BCUT2D eigenvalue weighted by Gasteiger charge is -2.40. The van der Waals surface area contributed by atoms with Crippen LogP contribution in [0.5, 0.6) is 5.75 Å². The van der Waals surface area contributed by atoms with Crippen LogP contribution < -0.4 is 15.8 Å². The third-order valence-electron chi connectivity index (χ3n) is 7.98. The van der Waals surface area contributed by atoms with Crippen LogP contribution in [-0.2, 0) is 14.3 Å². The fourth-order valence-corrected chi connectivity index (χ4v) is 5.77. The monoisotopic (exact) mass is 484 g/mol. The van der Waals surface area contributed by atoms with E-state index in [9.17, 15) is 9.59 Å². The zero-order valence-corrected chi connectivity index (χ0v) is 21.7. The number of hydrogen-bond acceptors (Lipinski definition) is 6. The van der Waals surface area contributed by atoms with E-state index in [0.717, 1.165) is 30.6 Å². The predicted molar refractivity (Wildman–Crippen MR) is 135 cm³/mol. The van der Waals surface area contributed by atoms with E-state index in [4.69, 9.17) is 20.2 Å². The molecule has 3 aliphatic rings. The van der Waals surface area contributed by atoms with Gasteiger partial charge in [-0.3, -0.25) is 14.5 Å². The molecule has 0 aromatic heterocycles. The first kappa shape index (κ1) is 25.5. The Morgan fingerprint density at radius 1 is 1.31 bits per heavy atom. The first-order valence-electron chi connectivity index (χ1n) is 12.9. The molecule has 0 radical (unpaired) electrons. The number of methoxy groups -OCH3 is 1. The Labute approximate surface area is 208 Å². The Bertz CT molecular complexity index is 987. The van der Waals surface area contributed by atoms with Crippen molar-refractivity contribution < 1.29 is 19.1 Å². The summed E-state index contributed by atoms with van der Waals surface area (Å²) in [5, 5.41) is 3.28. The summed E-state index contributed by atoms with van der Waals surface area (Å²) >= 11 is 0. The number of carbonyl (C=O) groups excluding carboxylic acids is 2. The van der Waals surface area contributed by atoms with Crippen molar-refractivity contribution in [3.63, 3.8) is 0 Å². The van der Waals surface area contributed by atoms with Crippen molar-refractivity contribution in [3.05, 3.63) is 29.8 Å². The summed E-state index contributed by atoms with van der Waals surface area (Å²) in [6, 6.07) is 7.57. The van der Waals surface area contributed by atoms with Gasteiger partial charge in [0.15, 0.2) is 5.96 Å². The molecule has 1 saturated carbocycles. The number of guanidine groups is 1. The highest BCUT2D eigenvalue weighted by atomic mass is 16.5. The molecular formula is C27H40N4O4. The maximum atomic E-state index is 13.4. The van der Waals surface area contributed by atoms with Crippen LogP contribution in [0.1, 0.15) is 77.8 Å². The number of ether oxygens (including phenoxy) is 2. The van der Waals surface area contributed by atoms with Crippen molar-refractivity contribution in [2.45, 2.75) is 89.4 Å². The van der Waals surface area contributed by atoms with Gasteiger partial charge in [-0.1, -0.05) is 32.0 Å². The van der Waals surface area contributed by atoms with Crippen molar-refractivity contribution in [2.75, 3.05) is 13.7 Å². The number of nitrogens with one attached hydrogen (secondary N) is 1. The summed E-state index contributed by atoms with van der Waals surface area (Å²) in [4.78, 5) is 33.1. The lowest BCUT2D eigenvalue weighted by Crippen LogP contribution is -2.56. The van der Waals surface area contributed by atoms with Gasteiger partial charge in [0.1, 0.15) is 11.4 Å². The van der Waals surface area contributed by atoms with Gasteiger partial charge in [-0.15, -0.1) is 0 Å². The fourth-order valence-electron chi connectivity index (χ4n) is 5.77. The van der Waals surface area contributed by atoms with E-state index in [0.29, 0.717) is 25.9 Å². The minimum atomic E-state index is -0.424. The highest BCUT2D eigenvalue weighted by Crippen LogP contribution is 2.47. The molecule has 2 amide bonds. The van der Waals surface area contributed by atoms with E-state index in [1.807, 2.05) is 52.0 Å². The van der Waals surface area contributed by atoms with E-state index in [2.05, 4.69) is 5.32 Å². The summed E-state index contributed by atoms with van der Waals surface area (Å²) in [5.41, 5.74) is 6.60. The Kier molecular flexibility index (Phi) is 7.13. The first-order valence-corrected chi connectivity index (χ1v) is 12.9. The van der Waals surface area contributed by atoms with E-state index >= 15 is 0 Å². The zero-order chi connectivity index (χ0) is 25.4. The Morgan fingerprint density at radius 3 is 2.69 bits per heavy atom. The molecule has 1 fully saturated rings. The third-order valence-corrected chi connectivity index (χ3v) is 7.98. The molecule has 8 nitrogen and oxygen atoms in total. The average molecular weight is 485 g/mol. The van der Waals surface area contributed by atoms with Gasteiger partial charge in [0, 0.05) is 37.7 Å². The molecule has 2 heterocycles. The standard InChI is InChI=1S/C27H40N4O4/c1-6-27(7-2)16-23(32)31(25(28)30-27)21(12-13-34-5)18-14-19(18)24(33)29-20-15-26(3,4)35-22-11-9-8-10-17(20)22/h8-11,18-21H,6-7,12-16H2,1-5H3,(H2,28,30)(H,29,33)/t18?,19-,20+,21?/m1/s1. The molecule has 2 aliphatic heterocycles. The van der Waals surface area contributed by atoms with Crippen LogP contribution in [-0.4, -0.2) is 53.6 Å². The highest BCUT2D eigenvalue weighted by molar-refractivity contribution is 5.99. The lowest BCUT2D eigenvalue weighted by molar-refractivity contribution is -0.133. The topological polar surface area (TPSA) is 106 Å². The molecule has 0 bridgehead atoms. The van der Waals surface area contributed by atoms with Gasteiger partial charge in [0.25, 0.3) is 0 Å². The molecule has 4 rings (SSSR count). The number of nitrogens with two attached hydrogens (primary N) is 1. The Hall–Kier alpha value is -2.61.